The summed E-state index contributed by atoms with van der Waals surface area (Å²) in [4.78, 5) is 14.6. The van der Waals surface area contributed by atoms with E-state index in [1.165, 1.54) is 0 Å². The van der Waals surface area contributed by atoms with Crippen LogP contribution < -0.4 is 10.6 Å². The molecule has 0 aliphatic carbocycles. The Kier molecular flexibility index (Phi) is 8.26. The Bertz CT molecular complexity index is 464. The van der Waals surface area contributed by atoms with E-state index in [2.05, 4.69) is 31.5 Å². The molecule has 2 N–H and O–H groups in total. The van der Waals surface area contributed by atoms with Gasteiger partial charge in [0.2, 0.25) is 0 Å². The summed E-state index contributed by atoms with van der Waals surface area (Å²) in [6.45, 7) is 8.11. The number of amides is 1. The first-order valence-corrected chi connectivity index (χ1v) is 7.94. The zero-order valence-electron chi connectivity index (χ0n) is 12.3. The predicted octanol–water partition coefficient (Wildman–Crippen LogP) is 2.20. The number of rotatable bonds is 5. The van der Waals surface area contributed by atoms with Gasteiger partial charge in [0, 0.05) is 42.8 Å². The van der Waals surface area contributed by atoms with Crippen LogP contribution in [0.25, 0.3) is 0 Å². The van der Waals surface area contributed by atoms with E-state index in [9.17, 15) is 4.79 Å². The Morgan fingerprint density at radius 1 is 1.38 bits per heavy atom. The molecule has 6 heteroatoms. The molecule has 1 aromatic rings. The number of nitrogens with one attached hydrogen (secondary N) is 2. The Labute approximate surface area is 141 Å². The number of hydrogen-bond donors (Lipinski definition) is 2. The van der Waals surface area contributed by atoms with Crippen molar-refractivity contribution in [3.63, 3.8) is 0 Å². The fourth-order valence-corrected chi connectivity index (χ4v) is 2.75. The zero-order valence-corrected chi connectivity index (χ0v) is 14.7. The molecule has 21 heavy (non-hydrogen) atoms. The second kappa shape index (κ2) is 9.41. The van der Waals surface area contributed by atoms with Crippen LogP contribution in [0, 0.1) is 6.92 Å². The van der Waals surface area contributed by atoms with Crippen molar-refractivity contribution in [3.05, 3.63) is 33.8 Å². The Balaban J connectivity index is 0.00000220. The average molecular weight is 377 g/mol. The van der Waals surface area contributed by atoms with E-state index in [0.29, 0.717) is 0 Å². The van der Waals surface area contributed by atoms with Crippen LogP contribution in [-0.4, -0.2) is 50.1 Å². The second-order valence-corrected chi connectivity index (χ2v) is 5.97. The van der Waals surface area contributed by atoms with Crippen LogP contribution >= 0.6 is 28.3 Å². The third-order valence-electron chi connectivity index (χ3n) is 3.66. The van der Waals surface area contributed by atoms with E-state index >= 15 is 0 Å². The van der Waals surface area contributed by atoms with Gasteiger partial charge in [-0.25, -0.2) is 0 Å². The quantitative estimate of drug-likeness (QED) is 0.774. The predicted molar refractivity (Wildman–Crippen MR) is 92.4 cm³/mol. The summed E-state index contributed by atoms with van der Waals surface area (Å²) in [5.74, 6) is 0.0177. The summed E-state index contributed by atoms with van der Waals surface area (Å²) in [6.07, 6.45) is 0.999. The van der Waals surface area contributed by atoms with Gasteiger partial charge in [-0.05, 0) is 37.6 Å². The number of benzene rings is 1. The minimum atomic E-state index is 0. The second-order valence-electron chi connectivity index (χ2n) is 5.11. The van der Waals surface area contributed by atoms with Crippen molar-refractivity contribution in [2.45, 2.75) is 13.3 Å². The van der Waals surface area contributed by atoms with E-state index in [4.69, 9.17) is 0 Å². The number of nitrogens with zero attached hydrogens (tertiary/aromatic N) is 1. The highest BCUT2D eigenvalue weighted by atomic mass is 79.9. The number of hydrogen-bond acceptors (Lipinski definition) is 3. The van der Waals surface area contributed by atoms with E-state index < -0.39 is 0 Å². The van der Waals surface area contributed by atoms with E-state index in [1.807, 2.05) is 25.1 Å². The summed E-state index contributed by atoms with van der Waals surface area (Å²) >= 11 is 3.46. The molecule has 0 atom stereocenters. The van der Waals surface area contributed by atoms with E-state index in [0.717, 1.165) is 61.3 Å². The van der Waals surface area contributed by atoms with Gasteiger partial charge in [-0.15, -0.1) is 12.4 Å². The third kappa shape index (κ3) is 5.58. The Morgan fingerprint density at radius 3 is 2.81 bits per heavy atom. The molecule has 4 nitrogen and oxygen atoms in total. The van der Waals surface area contributed by atoms with Crippen LogP contribution in [0.1, 0.15) is 22.3 Å². The molecule has 1 saturated heterocycles. The molecule has 0 unspecified atom stereocenters. The lowest BCUT2D eigenvalue weighted by atomic mass is 10.1. The summed E-state index contributed by atoms with van der Waals surface area (Å²) in [5, 5.41) is 6.35. The average Bonchev–Trinajstić information content (AvgIpc) is 2.47. The summed E-state index contributed by atoms with van der Waals surface area (Å²) in [6, 6.07) is 5.72. The molecular weight excluding hydrogens is 354 g/mol. The first kappa shape index (κ1) is 18.4. The summed E-state index contributed by atoms with van der Waals surface area (Å²) < 4.78 is 0.978. The van der Waals surface area contributed by atoms with Gasteiger partial charge in [-0.3, -0.25) is 4.79 Å². The lowest BCUT2D eigenvalue weighted by molar-refractivity contribution is 0.0950. The Morgan fingerprint density at radius 2 is 2.10 bits per heavy atom. The van der Waals surface area contributed by atoms with Crippen molar-refractivity contribution in [1.82, 2.24) is 15.5 Å². The molecule has 0 aromatic heterocycles. The molecule has 0 saturated carbocycles. The van der Waals surface area contributed by atoms with Crippen molar-refractivity contribution in [3.8, 4) is 0 Å². The topological polar surface area (TPSA) is 44.4 Å². The number of halogens is 2. The molecule has 118 valence electrons. The molecule has 0 radical (unpaired) electrons. The van der Waals surface area contributed by atoms with Gasteiger partial charge in [0.15, 0.2) is 0 Å². The largest absolute Gasteiger partial charge is 0.352 e. The lowest BCUT2D eigenvalue weighted by Gasteiger charge is -2.27. The number of piperazine rings is 1. The molecule has 1 amide bonds. The van der Waals surface area contributed by atoms with Gasteiger partial charge < -0.3 is 15.5 Å². The van der Waals surface area contributed by atoms with Crippen LogP contribution in [0.5, 0.6) is 0 Å². The standard InChI is InChI=1S/C15H22BrN3O.ClH/c1-12-13(4-2-5-14(12)16)15(20)18-6-3-9-19-10-7-17-8-11-19;/h2,4-5,17H,3,6-11H2,1H3,(H,18,20);1H. The molecule has 0 bridgehead atoms. The summed E-state index contributed by atoms with van der Waals surface area (Å²) in [5.41, 5.74) is 1.74. The zero-order chi connectivity index (χ0) is 14.4. The molecule has 1 fully saturated rings. The van der Waals surface area contributed by atoms with Crippen molar-refractivity contribution in [2.75, 3.05) is 39.3 Å². The van der Waals surface area contributed by atoms with Crippen molar-refractivity contribution < 1.29 is 4.79 Å². The number of carbonyl (C=O) groups is 1. The van der Waals surface area contributed by atoms with Gasteiger partial charge in [-0.2, -0.15) is 0 Å². The van der Waals surface area contributed by atoms with Gasteiger partial charge in [0.1, 0.15) is 0 Å². The third-order valence-corrected chi connectivity index (χ3v) is 4.52. The van der Waals surface area contributed by atoms with Crippen LogP contribution in [0.3, 0.4) is 0 Å². The van der Waals surface area contributed by atoms with E-state index in [-0.39, 0.29) is 18.3 Å². The Hall–Kier alpha value is -0.620. The highest BCUT2D eigenvalue weighted by molar-refractivity contribution is 9.10. The molecule has 1 aromatic carbocycles. The van der Waals surface area contributed by atoms with Crippen LogP contribution in [0.2, 0.25) is 0 Å². The van der Waals surface area contributed by atoms with Crippen molar-refractivity contribution in [1.29, 1.82) is 0 Å². The fourth-order valence-electron chi connectivity index (χ4n) is 2.39. The normalized spacial score (nSPS) is 15.3. The fraction of sp³-hybridized carbons (Fsp3) is 0.533. The molecule has 2 rings (SSSR count). The SMILES string of the molecule is Cc1c(Br)cccc1C(=O)NCCCN1CCNCC1.Cl. The first-order valence-electron chi connectivity index (χ1n) is 7.15. The van der Waals surface area contributed by atoms with Crippen molar-refractivity contribution >= 4 is 34.2 Å². The monoisotopic (exact) mass is 375 g/mol. The minimum absolute atomic E-state index is 0. The maximum absolute atomic E-state index is 12.1. The van der Waals surface area contributed by atoms with Gasteiger partial charge in [-0.1, -0.05) is 22.0 Å². The molecule has 1 heterocycles. The van der Waals surface area contributed by atoms with Gasteiger partial charge in [0.25, 0.3) is 5.91 Å². The summed E-state index contributed by atoms with van der Waals surface area (Å²) in [7, 11) is 0. The van der Waals surface area contributed by atoms with E-state index in [1.54, 1.807) is 0 Å². The molecule has 0 spiro atoms. The first-order chi connectivity index (χ1) is 9.68. The smallest absolute Gasteiger partial charge is 0.251 e. The maximum Gasteiger partial charge on any atom is 0.251 e. The molecular formula is C15H23BrClN3O. The lowest BCUT2D eigenvalue weighted by Crippen LogP contribution is -2.44. The van der Waals surface area contributed by atoms with Crippen LogP contribution in [-0.2, 0) is 0 Å². The van der Waals surface area contributed by atoms with Crippen LogP contribution in [0.15, 0.2) is 22.7 Å². The minimum Gasteiger partial charge on any atom is -0.352 e. The molecule has 1 aliphatic heterocycles. The highest BCUT2D eigenvalue weighted by Crippen LogP contribution is 2.19. The van der Waals surface area contributed by atoms with Gasteiger partial charge in [0.05, 0.1) is 0 Å². The molecule has 1 aliphatic rings. The highest BCUT2D eigenvalue weighted by Gasteiger charge is 2.11. The number of carbonyl (C=O) groups excluding carboxylic acids is 1. The van der Waals surface area contributed by atoms with Crippen LogP contribution in [0.4, 0.5) is 0 Å². The van der Waals surface area contributed by atoms with Crippen molar-refractivity contribution in [2.24, 2.45) is 0 Å². The maximum atomic E-state index is 12.1. The van der Waals surface area contributed by atoms with Gasteiger partial charge >= 0.3 is 0 Å².